The summed E-state index contributed by atoms with van der Waals surface area (Å²) in [5.41, 5.74) is 4.62. The van der Waals surface area contributed by atoms with Gasteiger partial charge in [0, 0.05) is 23.8 Å². The van der Waals surface area contributed by atoms with Crippen LogP contribution in [0.1, 0.15) is 5.56 Å². The fourth-order valence-electron chi connectivity index (χ4n) is 2.55. The Morgan fingerprint density at radius 2 is 2.05 bits per heavy atom. The minimum Gasteiger partial charge on any atom is -0.381 e. The SMILES string of the molecule is c1cc(CNc2ccc3[nH]ncc3c2)c2[nH]ccc2c1. The smallest absolute Gasteiger partial charge is 0.0651 e. The lowest BCUT2D eigenvalue weighted by Crippen LogP contribution is -1.99. The number of rotatable bonds is 3. The molecule has 0 fully saturated rings. The molecule has 3 N–H and O–H groups in total. The summed E-state index contributed by atoms with van der Waals surface area (Å²) in [6.07, 6.45) is 3.82. The molecule has 0 radical (unpaired) electrons. The summed E-state index contributed by atoms with van der Waals surface area (Å²) in [7, 11) is 0. The fraction of sp³-hybridized carbons (Fsp3) is 0.0625. The Balaban J connectivity index is 1.61. The zero-order valence-corrected chi connectivity index (χ0v) is 10.9. The van der Waals surface area contributed by atoms with Crippen molar-refractivity contribution in [2.75, 3.05) is 5.32 Å². The number of nitrogens with one attached hydrogen (secondary N) is 3. The number of hydrogen-bond donors (Lipinski definition) is 3. The lowest BCUT2D eigenvalue weighted by Gasteiger charge is -2.08. The number of hydrogen-bond acceptors (Lipinski definition) is 2. The first-order chi connectivity index (χ1) is 9.90. The van der Waals surface area contributed by atoms with Crippen molar-refractivity contribution in [3.8, 4) is 0 Å². The first kappa shape index (κ1) is 11.1. The fourth-order valence-corrected chi connectivity index (χ4v) is 2.55. The summed E-state index contributed by atoms with van der Waals surface area (Å²) in [5.74, 6) is 0. The molecule has 0 unspecified atom stereocenters. The molecule has 4 heteroatoms. The van der Waals surface area contributed by atoms with Gasteiger partial charge in [0.25, 0.3) is 0 Å². The van der Waals surface area contributed by atoms with Crippen LogP contribution in [0.25, 0.3) is 21.8 Å². The van der Waals surface area contributed by atoms with Crippen molar-refractivity contribution in [1.29, 1.82) is 0 Å². The molecular formula is C16H14N4. The van der Waals surface area contributed by atoms with E-state index in [1.807, 2.05) is 18.5 Å². The molecule has 2 aromatic heterocycles. The molecule has 2 heterocycles. The molecular weight excluding hydrogens is 248 g/mol. The maximum Gasteiger partial charge on any atom is 0.0651 e. The minimum absolute atomic E-state index is 0.793. The van der Waals surface area contributed by atoms with Gasteiger partial charge in [-0.05, 0) is 35.2 Å². The Bertz CT molecular complexity index is 872. The number of H-pyrrole nitrogens is 2. The molecule has 4 rings (SSSR count). The van der Waals surface area contributed by atoms with Gasteiger partial charge in [0.15, 0.2) is 0 Å². The van der Waals surface area contributed by atoms with E-state index in [0.29, 0.717) is 0 Å². The number of benzene rings is 2. The second-order valence-corrected chi connectivity index (χ2v) is 4.88. The standard InChI is InChI=1S/C16H14N4/c1-2-11-6-7-17-16(11)12(3-1)9-18-14-4-5-15-13(8-14)10-19-20-15/h1-8,10,17-18H,9H2,(H,19,20). The molecule has 0 bridgehead atoms. The first-order valence-electron chi connectivity index (χ1n) is 6.62. The van der Waals surface area contributed by atoms with Gasteiger partial charge in [-0.15, -0.1) is 0 Å². The zero-order chi connectivity index (χ0) is 13.4. The average Bonchev–Trinajstić information content (AvgIpc) is 3.13. The molecule has 4 aromatic rings. The second-order valence-electron chi connectivity index (χ2n) is 4.88. The summed E-state index contributed by atoms with van der Waals surface area (Å²) in [4.78, 5) is 3.29. The number of fused-ring (bicyclic) bond motifs is 2. The molecule has 0 atom stereocenters. The Morgan fingerprint density at radius 3 is 3.05 bits per heavy atom. The van der Waals surface area contributed by atoms with Crippen molar-refractivity contribution in [3.05, 3.63) is 60.4 Å². The van der Waals surface area contributed by atoms with Crippen LogP contribution in [-0.2, 0) is 6.54 Å². The van der Waals surface area contributed by atoms with E-state index in [0.717, 1.165) is 23.1 Å². The largest absolute Gasteiger partial charge is 0.381 e. The molecule has 4 nitrogen and oxygen atoms in total. The van der Waals surface area contributed by atoms with Crippen molar-refractivity contribution in [1.82, 2.24) is 15.2 Å². The quantitative estimate of drug-likeness (QED) is 0.528. The Labute approximate surface area is 115 Å². The van der Waals surface area contributed by atoms with Crippen LogP contribution in [-0.4, -0.2) is 15.2 Å². The number of aromatic amines is 2. The summed E-state index contributed by atoms with van der Waals surface area (Å²) in [6, 6.07) is 14.7. The van der Waals surface area contributed by atoms with Crippen molar-refractivity contribution in [2.45, 2.75) is 6.54 Å². The number of anilines is 1. The van der Waals surface area contributed by atoms with Gasteiger partial charge in [0.1, 0.15) is 0 Å². The van der Waals surface area contributed by atoms with E-state index < -0.39 is 0 Å². The molecule has 20 heavy (non-hydrogen) atoms. The van der Waals surface area contributed by atoms with Gasteiger partial charge < -0.3 is 10.3 Å². The highest BCUT2D eigenvalue weighted by Gasteiger charge is 2.02. The zero-order valence-electron chi connectivity index (χ0n) is 10.9. The van der Waals surface area contributed by atoms with Crippen LogP contribution in [0, 0.1) is 0 Å². The highest BCUT2D eigenvalue weighted by atomic mass is 15.1. The van der Waals surface area contributed by atoms with Gasteiger partial charge in [-0.3, -0.25) is 5.10 Å². The normalized spacial score (nSPS) is 11.2. The minimum atomic E-state index is 0.793. The van der Waals surface area contributed by atoms with E-state index in [-0.39, 0.29) is 0 Å². The van der Waals surface area contributed by atoms with Crippen LogP contribution in [0.4, 0.5) is 5.69 Å². The van der Waals surface area contributed by atoms with E-state index in [9.17, 15) is 0 Å². The highest BCUT2D eigenvalue weighted by molar-refractivity contribution is 5.83. The summed E-state index contributed by atoms with van der Waals surface area (Å²) >= 11 is 0. The molecule has 0 saturated carbocycles. The van der Waals surface area contributed by atoms with E-state index in [2.05, 4.69) is 56.9 Å². The van der Waals surface area contributed by atoms with Gasteiger partial charge in [0.2, 0.25) is 0 Å². The summed E-state index contributed by atoms with van der Waals surface area (Å²) in [6.45, 7) is 0.793. The number of para-hydroxylation sites is 1. The molecule has 2 aromatic carbocycles. The van der Waals surface area contributed by atoms with Gasteiger partial charge in [-0.25, -0.2) is 0 Å². The van der Waals surface area contributed by atoms with Crippen LogP contribution < -0.4 is 5.32 Å². The maximum absolute atomic E-state index is 4.04. The number of aromatic nitrogens is 3. The van der Waals surface area contributed by atoms with Crippen LogP contribution in [0.15, 0.2) is 54.9 Å². The molecule has 98 valence electrons. The van der Waals surface area contributed by atoms with E-state index in [1.165, 1.54) is 16.5 Å². The van der Waals surface area contributed by atoms with Gasteiger partial charge in [-0.2, -0.15) is 5.10 Å². The van der Waals surface area contributed by atoms with Crippen LogP contribution in [0.5, 0.6) is 0 Å². The average molecular weight is 262 g/mol. The lowest BCUT2D eigenvalue weighted by atomic mass is 10.1. The lowest BCUT2D eigenvalue weighted by molar-refractivity contribution is 1.12. The van der Waals surface area contributed by atoms with Gasteiger partial charge >= 0.3 is 0 Å². The molecule has 0 saturated heterocycles. The second kappa shape index (κ2) is 4.42. The Hall–Kier alpha value is -2.75. The van der Waals surface area contributed by atoms with Crippen LogP contribution in [0.2, 0.25) is 0 Å². The monoisotopic (exact) mass is 262 g/mol. The third kappa shape index (κ3) is 1.82. The highest BCUT2D eigenvalue weighted by Crippen LogP contribution is 2.20. The molecule has 0 aliphatic heterocycles. The first-order valence-corrected chi connectivity index (χ1v) is 6.62. The predicted octanol–water partition coefficient (Wildman–Crippen LogP) is 3.66. The van der Waals surface area contributed by atoms with Crippen LogP contribution >= 0.6 is 0 Å². The van der Waals surface area contributed by atoms with Crippen molar-refractivity contribution >= 4 is 27.5 Å². The third-order valence-corrected chi connectivity index (χ3v) is 3.60. The van der Waals surface area contributed by atoms with Crippen molar-refractivity contribution in [2.24, 2.45) is 0 Å². The molecule has 0 aliphatic carbocycles. The van der Waals surface area contributed by atoms with E-state index >= 15 is 0 Å². The van der Waals surface area contributed by atoms with Gasteiger partial charge in [-0.1, -0.05) is 18.2 Å². The summed E-state index contributed by atoms with van der Waals surface area (Å²) in [5, 5.41) is 12.8. The van der Waals surface area contributed by atoms with Crippen molar-refractivity contribution in [3.63, 3.8) is 0 Å². The van der Waals surface area contributed by atoms with E-state index in [4.69, 9.17) is 0 Å². The Kier molecular flexibility index (Phi) is 2.45. The summed E-state index contributed by atoms with van der Waals surface area (Å²) < 4.78 is 0. The van der Waals surface area contributed by atoms with Crippen molar-refractivity contribution < 1.29 is 0 Å². The topological polar surface area (TPSA) is 56.5 Å². The molecule has 0 spiro atoms. The van der Waals surface area contributed by atoms with Gasteiger partial charge in [0.05, 0.1) is 17.2 Å². The predicted molar refractivity (Wildman–Crippen MR) is 81.7 cm³/mol. The molecule has 0 amide bonds. The molecule has 0 aliphatic rings. The third-order valence-electron chi connectivity index (χ3n) is 3.60. The number of nitrogens with zero attached hydrogens (tertiary/aromatic N) is 1. The van der Waals surface area contributed by atoms with Crippen LogP contribution in [0.3, 0.4) is 0 Å². The Morgan fingerprint density at radius 1 is 1.05 bits per heavy atom. The maximum atomic E-state index is 4.04. The van der Waals surface area contributed by atoms with E-state index in [1.54, 1.807) is 0 Å².